The van der Waals surface area contributed by atoms with Crippen molar-refractivity contribution in [2.45, 2.75) is 19.9 Å². The summed E-state index contributed by atoms with van der Waals surface area (Å²) in [4.78, 5) is 14.1. The van der Waals surface area contributed by atoms with Crippen molar-refractivity contribution in [3.8, 4) is 0 Å². The number of piperazine rings is 1. The predicted octanol–water partition coefficient (Wildman–Crippen LogP) is 4.28. The van der Waals surface area contributed by atoms with Crippen LogP contribution in [-0.4, -0.2) is 36.1 Å². The molecule has 2 heterocycles. The van der Waals surface area contributed by atoms with Gasteiger partial charge in [0.15, 0.2) is 0 Å². The third-order valence-corrected chi connectivity index (χ3v) is 5.21. The number of rotatable bonds is 5. The highest BCUT2D eigenvalue weighted by atomic mass is 15.3. The van der Waals surface area contributed by atoms with Crippen LogP contribution in [0, 0.1) is 6.92 Å². The lowest BCUT2D eigenvalue weighted by Gasteiger charge is -2.37. The molecule has 3 aromatic rings. The molecule has 5 heteroatoms. The number of hydrogen-bond donors (Lipinski definition) is 1. The Hall–Kier alpha value is -3.08. The second kappa shape index (κ2) is 8.30. The molecule has 28 heavy (non-hydrogen) atoms. The molecule has 0 saturated carbocycles. The summed E-state index contributed by atoms with van der Waals surface area (Å²) in [5.41, 5.74) is 2.54. The van der Waals surface area contributed by atoms with Gasteiger partial charge in [-0.3, -0.25) is 0 Å². The highest BCUT2D eigenvalue weighted by Gasteiger charge is 2.19. The van der Waals surface area contributed by atoms with Gasteiger partial charge in [-0.2, -0.15) is 0 Å². The lowest BCUT2D eigenvalue weighted by molar-refractivity contribution is 0.645. The van der Waals surface area contributed by atoms with E-state index in [1.165, 1.54) is 11.3 Å². The number of hydrogen-bond acceptors (Lipinski definition) is 5. The van der Waals surface area contributed by atoms with Crippen molar-refractivity contribution in [2.75, 3.05) is 41.3 Å². The van der Waals surface area contributed by atoms with Gasteiger partial charge in [0.1, 0.15) is 17.5 Å². The van der Waals surface area contributed by atoms with Crippen molar-refractivity contribution in [2.24, 2.45) is 0 Å². The first kappa shape index (κ1) is 18.3. The average Bonchev–Trinajstić information content (AvgIpc) is 2.75. The van der Waals surface area contributed by atoms with E-state index in [1.54, 1.807) is 0 Å². The topological polar surface area (TPSA) is 44.3 Å². The monoisotopic (exact) mass is 373 g/mol. The molecule has 1 fully saturated rings. The third-order valence-electron chi connectivity index (χ3n) is 5.21. The van der Waals surface area contributed by atoms with Crippen molar-refractivity contribution in [1.82, 2.24) is 9.97 Å². The number of aryl methyl sites for hydroxylation is 1. The molecular formula is C23H27N5. The first-order valence-electron chi connectivity index (χ1n) is 9.91. The second-order valence-corrected chi connectivity index (χ2v) is 7.24. The van der Waals surface area contributed by atoms with Crippen molar-refractivity contribution in [3.05, 3.63) is 78.1 Å². The Balaban J connectivity index is 1.44. The Morgan fingerprint density at radius 2 is 1.43 bits per heavy atom. The third kappa shape index (κ3) is 4.25. The number of aromatic nitrogens is 2. The molecule has 1 saturated heterocycles. The van der Waals surface area contributed by atoms with E-state index < -0.39 is 0 Å². The van der Waals surface area contributed by atoms with Crippen LogP contribution in [-0.2, 0) is 0 Å². The maximum atomic E-state index is 4.69. The molecule has 1 unspecified atom stereocenters. The maximum absolute atomic E-state index is 4.69. The Kier molecular flexibility index (Phi) is 5.42. The Labute approximate surface area is 167 Å². The largest absolute Gasteiger partial charge is 0.368 e. The Morgan fingerprint density at radius 1 is 0.821 bits per heavy atom. The van der Waals surface area contributed by atoms with Gasteiger partial charge >= 0.3 is 0 Å². The molecule has 1 N–H and O–H groups in total. The molecule has 1 aliphatic rings. The van der Waals surface area contributed by atoms with Crippen molar-refractivity contribution >= 4 is 17.3 Å². The molecule has 0 radical (unpaired) electrons. The predicted molar refractivity (Wildman–Crippen MR) is 116 cm³/mol. The number of benzene rings is 2. The SMILES string of the molecule is Cc1nc(NC(C)c2ccccc2)cc(N2CCN(c3ccccc3)CC2)n1. The summed E-state index contributed by atoms with van der Waals surface area (Å²) < 4.78 is 0. The Morgan fingerprint density at radius 3 is 2.11 bits per heavy atom. The molecule has 0 amide bonds. The maximum Gasteiger partial charge on any atom is 0.134 e. The lowest BCUT2D eigenvalue weighted by atomic mass is 10.1. The van der Waals surface area contributed by atoms with Crippen LogP contribution in [0.4, 0.5) is 17.3 Å². The molecular weight excluding hydrogens is 346 g/mol. The zero-order valence-corrected chi connectivity index (χ0v) is 16.5. The van der Waals surface area contributed by atoms with Crippen LogP contribution >= 0.6 is 0 Å². The normalized spacial score (nSPS) is 15.4. The number of nitrogens with one attached hydrogen (secondary N) is 1. The van der Waals surface area contributed by atoms with E-state index in [4.69, 9.17) is 4.98 Å². The van der Waals surface area contributed by atoms with E-state index in [9.17, 15) is 0 Å². The van der Waals surface area contributed by atoms with E-state index in [0.29, 0.717) is 0 Å². The van der Waals surface area contributed by atoms with Gasteiger partial charge in [-0.25, -0.2) is 9.97 Å². The van der Waals surface area contributed by atoms with Crippen LogP contribution in [0.1, 0.15) is 24.4 Å². The first-order chi connectivity index (χ1) is 13.7. The molecule has 1 atom stereocenters. The van der Waals surface area contributed by atoms with Crippen LogP contribution < -0.4 is 15.1 Å². The highest BCUT2D eigenvalue weighted by Crippen LogP contribution is 2.23. The fourth-order valence-electron chi connectivity index (χ4n) is 3.67. The van der Waals surface area contributed by atoms with Crippen molar-refractivity contribution in [3.63, 3.8) is 0 Å². The van der Waals surface area contributed by atoms with Crippen molar-refractivity contribution in [1.29, 1.82) is 0 Å². The molecule has 5 nitrogen and oxygen atoms in total. The molecule has 144 valence electrons. The van der Waals surface area contributed by atoms with Gasteiger partial charge in [0.2, 0.25) is 0 Å². The smallest absolute Gasteiger partial charge is 0.134 e. The minimum absolute atomic E-state index is 0.193. The number of nitrogens with zero attached hydrogens (tertiary/aromatic N) is 4. The second-order valence-electron chi connectivity index (χ2n) is 7.24. The zero-order valence-electron chi connectivity index (χ0n) is 16.5. The van der Waals surface area contributed by atoms with E-state index in [2.05, 4.69) is 87.7 Å². The molecule has 1 aromatic heterocycles. The molecule has 2 aromatic carbocycles. The number of anilines is 3. The summed E-state index contributed by atoms with van der Waals surface area (Å²) in [7, 11) is 0. The first-order valence-corrected chi connectivity index (χ1v) is 9.91. The van der Waals surface area contributed by atoms with Gasteiger partial charge in [-0.05, 0) is 31.5 Å². The molecule has 0 bridgehead atoms. The molecule has 4 rings (SSSR count). The minimum atomic E-state index is 0.193. The summed E-state index contributed by atoms with van der Waals surface area (Å²) in [5.74, 6) is 2.68. The lowest BCUT2D eigenvalue weighted by Crippen LogP contribution is -2.46. The molecule has 0 aliphatic carbocycles. The van der Waals surface area contributed by atoms with Gasteiger partial charge in [0, 0.05) is 44.0 Å². The Bertz CT molecular complexity index is 889. The van der Waals surface area contributed by atoms with E-state index >= 15 is 0 Å². The van der Waals surface area contributed by atoms with Crippen molar-refractivity contribution < 1.29 is 0 Å². The van der Waals surface area contributed by atoms with E-state index in [1.807, 2.05) is 13.0 Å². The zero-order chi connectivity index (χ0) is 19.3. The van der Waals surface area contributed by atoms with Crippen LogP contribution in [0.5, 0.6) is 0 Å². The van der Waals surface area contributed by atoms with Gasteiger partial charge in [0.25, 0.3) is 0 Å². The summed E-state index contributed by atoms with van der Waals surface area (Å²) in [6.07, 6.45) is 0. The van der Waals surface area contributed by atoms with E-state index in [0.717, 1.165) is 43.6 Å². The summed E-state index contributed by atoms with van der Waals surface area (Å²) in [5, 5.41) is 3.52. The van der Waals surface area contributed by atoms with E-state index in [-0.39, 0.29) is 6.04 Å². The summed E-state index contributed by atoms with van der Waals surface area (Å²) >= 11 is 0. The molecule has 1 aliphatic heterocycles. The van der Waals surface area contributed by atoms with Crippen LogP contribution in [0.2, 0.25) is 0 Å². The standard InChI is InChI=1S/C23H27N5/c1-18(20-9-5-3-6-10-20)24-22-17-23(26-19(2)25-22)28-15-13-27(14-16-28)21-11-7-4-8-12-21/h3-12,17-18H,13-16H2,1-2H3,(H,24,25,26). The van der Waals surface area contributed by atoms with Gasteiger partial charge in [-0.1, -0.05) is 48.5 Å². The quantitative estimate of drug-likeness (QED) is 0.723. The minimum Gasteiger partial charge on any atom is -0.368 e. The summed E-state index contributed by atoms with van der Waals surface area (Å²) in [6, 6.07) is 23.3. The van der Waals surface area contributed by atoms with Crippen LogP contribution in [0.15, 0.2) is 66.7 Å². The average molecular weight is 374 g/mol. The van der Waals surface area contributed by atoms with Crippen LogP contribution in [0.3, 0.4) is 0 Å². The highest BCUT2D eigenvalue weighted by molar-refractivity contribution is 5.53. The summed E-state index contributed by atoms with van der Waals surface area (Å²) in [6.45, 7) is 8.03. The van der Waals surface area contributed by atoms with Gasteiger partial charge in [-0.15, -0.1) is 0 Å². The van der Waals surface area contributed by atoms with Crippen LogP contribution in [0.25, 0.3) is 0 Å². The number of para-hydroxylation sites is 1. The fraction of sp³-hybridized carbons (Fsp3) is 0.304. The van der Waals surface area contributed by atoms with Gasteiger partial charge in [0.05, 0.1) is 0 Å². The van der Waals surface area contributed by atoms with Gasteiger partial charge < -0.3 is 15.1 Å². The molecule has 0 spiro atoms. The fourth-order valence-corrected chi connectivity index (χ4v) is 3.67.